The number of hydrogen-bond acceptors (Lipinski definition) is 3. The molecule has 1 unspecified atom stereocenters. The fraction of sp³-hybridized carbons (Fsp3) is 0.615. The lowest BCUT2D eigenvalue weighted by Gasteiger charge is -2.32. The lowest BCUT2D eigenvalue weighted by molar-refractivity contribution is 0.0862. The van der Waals surface area contributed by atoms with E-state index in [-0.39, 0.29) is 18.1 Å². The molecule has 0 aliphatic heterocycles. The van der Waals surface area contributed by atoms with Crippen molar-refractivity contribution in [2.75, 3.05) is 0 Å². The van der Waals surface area contributed by atoms with E-state index in [1.807, 2.05) is 18.3 Å². The van der Waals surface area contributed by atoms with Crippen LogP contribution >= 0.6 is 0 Å². The first kappa shape index (κ1) is 14.3. The molecule has 1 aromatic rings. The fourth-order valence-electron chi connectivity index (χ4n) is 1.67. The van der Waals surface area contributed by atoms with Gasteiger partial charge in [-0.2, -0.15) is 0 Å². The van der Waals surface area contributed by atoms with Crippen LogP contribution in [-0.4, -0.2) is 19.1 Å². The van der Waals surface area contributed by atoms with Gasteiger partial charge in [0.1, 0.15) is 0 Å². The Hall–Kier alpha value is -0.713. The molecule has 95 valence electrons. The summed E-state index contributed by atoms with van der Waals surface area (Å²) in [5, 5.41) is 8.98. The summed E-state index contributed by atoms with van der Waals surface area (Å²) >= 11 is 0. The molecule has 1 rings (SSSR count). The van der Waals surface area contributed by atoms with Crippen molar-refractivity contribution < 1.29 is 9.53 Å². The second kappa shape index (κ2) is 5.75. The summed E-state index contributed by atoms with van der Waals surface area (Å²) in [5.41, 5.74) is 1.82. The van der Waals surface area contributed by atoms with Crippen LogP contribution < -0.4 is 0 Å². The van der Waals surface area contributed by atoms with Gasteiger partial charge in [0, 0.05) is 6.20 Å². The van der Waals surface area contributed by atoms with E-state index in [4.69, 9.17) is 9.53 Å². The van der Waals surface area contributed by atoms with E-state index in [1.54, 1.807) is 0 Å². The van der Waals surface area contributed by atoms with Crippen LogP contribution in [0.2, 0.25) is 13.1 Å². The average Bonchev–Trinajstić information content (AvgIpc) is 2.24. The largest absolute Gasteiger partial charge is 0.410 e. The smallest absolute Gasteiger partial charge is 0.205 e. The normalized spacial score (nSPS) is 14.1. The van der Waals surface area contributed by atoms with Gasteiger partial charge in [-0.1, -0.05) is 26.8 Å². The molecule has 1 N–H and O–H groups in total. The van der Waals surface area contributed by atoms with Crippen LogP contribution in [-0.2, 0) is 11.0 Å². The SMILES string of the molecule is C[Si](C)OC(c1ccc(CO)nc1)C(C)(C)C. The Labute approximate surface area is 106 Å². The number of aliphatic hydroxyl groups is 1. The zero-order valence-electron chi connectivity index (χ0n) is 11.3. The first-order chi connectivity index (χ1) is 7.84. The van der Waals surface area contributed by atoms with Crippen molar-refractivity contribution in [1.29, 1.82) is 0 Å². The first-order valence-corrected chi connectivity index (χ1v) is 8.28. The van der Waals surface area contributed by atoms with Gasteiger partial charge in [-0.05, 0) is 30.1 Å². The molecule has 4 heteroatoms. The monoisotopic (exact) mass is 252 g/mol. The van der Waals surface area contributed by atoms with Crippen molar-refractivity contribution in [3.63, 3.8) is 0 Å². The molecule has 0 bridgehead atoms. The van der Waals surface area contributed by atoms with E-state index in [2.05, 4.69) is 38.8 Å². The van der Waals surface area contributed by atoms with Crippen molar-refractivity contribution in [2.24, 2.45) is 5.41 Å². The average molecular weight is 252 g/mol. The summed E-state index contributed by atoms with van der Waals surface area (Å²) in [6.07, 6.45) is 1.87. The van der Waals surface area contributed by atoms with Crippen LogP contribution in [0.25, 0.3) is 0 Å². The zero-order valence-corrected chi connectivity index (χ0v) is 12.3. The van der Waals surface area contributed by atoms with Crippen molar-refractivity contribution >= 4 is 9.04 Å². The van der Waals surface area contributed by atoms with Crippen LogP contribution in [0.4, 0.5) is 0 Å². The molecule has 0 aliphatic rings. The maximum atomic E-state index is 8.98. The number of pyridine rings is 1. The molecular formula is C13H22NO2Si. The summed E-state index contributed by atoms with van der Waals surface area (Å²) in [7, 11) is -0.755. The molecule has 0 aliphatic carbocycles. The standard InChI is InChI=1S/C13H22NO2Si/c1-13(2,3)12(16-17(4)5)10-6-7-11(9-15)14-8-10/h6-8,12,15H,9H2,1-5H3. The van der Waals surface area contributed by atoms with Crippen molar-refractivity contribution in [1.82, 2.24) is 4.98 Å². The molecule has 17 heavy (non-hydrogen) atoms. The minimum absolute atomic E-state index is 0.0160. The minimum Gasteiger partial charge on any atom is -0.410 e. The highest BCUT2D eigenvalue weighted by atomic mass is 28.3. The number of aromatic nitrogens is 1. The highest BCUT2D eigenvalue weighted by Gasteiger charge is 2.28. The van der Waals surface area contributed by atoms with Gasteiger partial charge in [0.2, 0.25) is 9.04 Å². The maximum absolute atomic E-state index is 8.98. The van der Waals surface area contributed by atoms with Crippen molar-refractivity contribution in [3.05, 3.63) is 29.6 Å². The molecule has 0 amide bonds. The predicted octanol–water partition coefficient (Wildman–Crippen LogP) is 2.93. The quantitative estimate of drug-likeness (QED) is 0.838. The topological polar surface area (TPSA) is 42.4 Å². The summed E-state index contributed by atoms with van der Waals surface area (Å²) < 4.78 is 6.07. The Morgan fingerprint density at radius 3 is 2.35 bits per heavy atom. The maximum Gasteiger partial charge on any atom is 0.205 e. The summed E-state index contributed by atoms with van der Waals surface area (Å²) in [6, 6.07) is 3.86. The molecule has 0 saturated heterocycles. The van der Waals surface area contributed by atoms with Crippen LogP contribution in [0.3, 0.4) is 0 Å². The highest BCUT2D eigenvalue weighted by molar-refractivity contribution is 6.48. The van der Waals surface area contributed by atoms with Crippen LogP contribution in [0, 0.1) is 5.41 Å². The van der Waals surface area contributed by atoms with Gasteiger partial charge in [-0.3, -0.25) is 4.98 Å². The summed E-state index contributed by atoms with van der Waals surface area (Å²) in [5.74, 6) is 0. The van der Waals surface area contributed by atoms with E-state index in [0.29, 0.717) is 5.69 Å². The molecular weight excluding hydrogens is 230 g/mol. The third-order valence-electron chi connectivity index (χ3n) is 2.45. The van der Waals surface area contributed by atoms with E-state index >= 15 is 0 Å². The molecule has 0 fully saturated rings. The molecule has 0 saturated carbocycles. The van der Waals surface area contributed by atoms with Gasteiger partial charge < -0.3 is 9.53 Å². The molecule has 3 nitrogen and oxygen atoms in total. The summed E-state index contributed by atoms with van der Waals surface area (Å²) in [4.78, 5) is 4.22. The number of nitrogens with zero attached hydrogens (tertiary/aromatic N) is 1. The second-order valence-corrected chi connectivity index (χ2v) is 7.57. The van der Waals surface area contributed by atoms with E-state index in [1.165, 1.54) is 0 Å². The van der Waals surface area contributed by atoms with E-state index < -0.39 is 9.04 Å². The second-order valence-electron chi connectivity index (χ2n) is 5.51. The summed E-state index contributed by atoms with van der Waals surface area (Å²) in [6.45, 7) is 10.8. The predicted molar refractivity (Wildman–Crippen MR) is 70.9 cm³/mol. The van der Waals surface area contributed by atoms with Gasteiger partial charge in [0.05, 0.1) is 18.4 Å². The Kier molecular flexibility index (Phi) is 4.86. The first-order valence-electron chi connectivity index (χ1n) is 5.87. The lowest BCUT2D eigenvalue weighted by Crippen LogP contribution is -2.26. The number of rotatable bonds is 4. The molecule has 0 aromatic carbocycles. The van der Waals surface area contributed by atoms with Gasteiger partial charge in [0.25, 0.3) is 0 Å². The Bertz CT molecular complexity index is 343. The molecule has 1 heterocycles. The van der Waals surface area contributed by atoms with E-state index in [9.17, 15) is 0 Å². The van der Waals surface area contributed by atoms with Gasteiger partial charge in [-0.15, -0.1) is 0 Å². The van der Waals surface area contributed by atoms with Crippen molar-refractivity contribution in [3.8, 4) is 0 Å². The van der Waals surface area contributed by atoms with Gasteiger partial charge in [0.15, 0.2) is 0 Å². The molecule has 1 aromatic heterocycles. The zero-order chi connectivity index (χ0) is 13.1. The Morgan fingerprint density at radius 1 is 1.35 bits per heavy atom. The van der Waals surface area contributed by atoms with Crippen molar-refractivity contribution in [2.45, 2.75) is 46.6 Å². The van der Waals surface area contributed by atoms with Gasteiger partial charge in [-0.25, -0.2) is 0 Å². The number of aliphatic hydroxyl groups excluding tert-OH is 1. The molecule has 1 atom stereocenters. The molecule has 1 radical (unpaired) electrons. The van der Waals surface area contributed by atoms with Crippen LogP contribution in [0.5, 0.6) is 0 Å². The fourth-order valence-corrected chi connectivity index (χ4v) is 2.63. The third-order valence-corrected chi connectivity index (χ3v) is 3.16. The molecule has 0 spiro atoms. The Morgan fingerprint density at radius 2 is 2.00 bits per heavy atom. The van der Waals surface area contributed by atoms with E-state index in [0.717, 1.165) is 5.56 Å². The third kappa shape index (κ3) is 4.22. The lowest BCUT2D eigenvalue weighted by atomic mass is 9.85. The van der Waals surface area contributed by atoms with Gasteiger partial charge >= 0.3 is 0 Å². The van der Waals surface area contributed by atoms with Crippen LogP contribution in [0.15, 0.2) is 18.3 Å². The van der Waals surface area contributed by atoms with Crippen LogP contribution in [0.1, 0.15) is 38.1 Å². The number of hydrogen-bond donors (Lipinski definition) is 1. The minimum atomic E-state index is -0.755. The Balaban J connectivity index is 2.96. The highest BCUT2D eigenvalue weighted by Crippen LogP contribution is 2.36.